The summed E-state index contributed by atoms with van der Waals surface area (Å²) in [5, 5.41) is 2.58. The van der Waals surface area contributed by atoms with Crippen LogP contribution in [0.1, 0.15) is 18.9 Å². The van der Waals surface area contributed by atoms with Gasteiger partial charge in [0.25, 0.3) is 5.91 Å². The van der Waals surface area contributed by atoms with Crippen molar-refractivity contribution in [2.24, 2.45) is 0 Å². The summed E-state index contributed by atoms with van der Waals surface area (Å²) in [6.45, 7) is 2.91. The van der Waals surface area contributed by atoms with Gasteiger partial charge in [-0.25, -0.2) is 0 Å². The highest BCUT2D eigenvalue weighted by Gasteiger charge is 2.39. The normalized spacial score (nSPS) is 21.9. The molecule has 1 unspecified atom stereocenters. The molecule has 1 aliphatic heterocycles. The van der Waals surface area contributed by atoms with Gasteiger partial charge in [-0.3, -0.25) is 14.6 Å². The van der Waals surface area contributed by atoms with Crippen molar-refractivity contribution < 1.29 is 14.3 Å². The van der Waals surface area contributed by atoms with E-state index in [-0.39, 0.29) is 11.8 Å². The van der Waals surface area contributed by atoms with Crippen LogP contribution in [0.3, 0.4) is 0 Å². The largest absolute Gasteiger partial charge is 0.362 e. The Kier molecular flexibility index (Phi) is 4.90. The van der Waals surface area contributed by atoms with Crippen LogP contribution in [0.5, 0.6) is 0 Å². The van der Waals surface area contributed by atoms with Gasteiger partial charge in [-0.05, 0) is 25.0 Å². The summed E-state index contributed by atoms with van der Waals surface area (Å²) >= 11 is 0. The number of morpholine rings is 1. The number of hydrogen-bond acceptors (Lipinski definition) is 4. The molecule has 2 amide bonds. The maximum atomic E-state index is 12.3. The zero-order chi connectivity index (χ0) is 15.3. The zero-order valence-electron chi connectivity index (χ0n) is 12.5. The number of rotatable bonds is 4. The van der Waals surface area contributed by atoms with Gasteiger partial charge >= 0.3 is 0 Å². The monoisotopic (exact) mass is 291 g/mol. The second-order valence-corrected chi connectivity index (χ2v) is 5.34. The molecule has 1 aromatic heterocycles. The van der Waals surface area contributed by atoms with Crippen LogP contribution in [-0.4, -0.2) is 54.0 Å². The average molecular weight is 291 g/mol. The molecule has 1 fully saturated rings. The summed E-state index contributed by atoms with van der Waals surface area (Å²) in [7, 11) is 1.57. The van der Waals surface area contributed by atoms with Crippen molar-refractivity contribution in [3.05, 3.63) is 30.1 Å². The van der Waals surface area contributed by atoms with Crippen LogP contribution in [-0.2, 0) is 20.7 Å². The van der Waals surface area contributed by atoms with Gasteiger partial charge in [0.05, 0.1) is 13.2 Å². The van der Waals surface area contributed by atoms with Crippen LogP contribution in [0.2, 0.25) is 0 Å². The first-order valence-corrected chi connectivity index (χ1v) is 7.08. The molecule has 1 aromatic rings. The lowest BCUT2D eigenvalue weighted by molar-refractivity contribution is -0.162. The topological polar surface area (TPSA) is 71.5 Å². The van der Waals surface area contributed by atoms with Crippen LogP contribution in [0.25, 0.3) is 0 Å². The van der Waals surface area contributed by atoms with Gasteiger partial charge in [0, 0.05) is 32.4 Å². The van der Waals surface area contributed by atoms with E-state index in [4.69, 9.17) is 4.74 Å². The zero-order valence-corrected chi connectivity index (χ0v) is 12.5. The lowest BCUT2D eigenvalue weighted by atomic mass is 10.0. The molecule has 0 aliphatic carbocycles. The third kappa shape index (κ3) is 3.78. The molecular formula is C15H21N3O3. The van der Waals surface area contributed by atoms with Gasteiger partial charge in [-0.2, -0.15) is 0 Å². The van der Waals surface area contributed by atoms with E-state index in [1.165, 1.54) is 0 Å². The lowest BCUT2D eigenvalue weighted by Crippen LogP contribution is -2.58. The summed E-state index contributed by atoms with van der Waals surface area (Å²) < 4.78 is 5.55. The SMILES string of the molecule is CNC(=O)C1(C)CN(C(=O)CCc2cccnc2)CCO1. The molecule has 2 heterocycles. The lowest BCUT2D eigenvalue weighted by Gasteiger charge is -2.39. The minimum atomic E-state index is -0.961. The smallest absolute Gasteiger partial charge is 0.253 e. The van der Waals surface area contributed by atoms with Crippen molar-refractivity contribution >= 4 is 11.8 Å². The number of likely N-dealkylation sites (N-methyl/N-ethyl adjacent to an activating group) is 1. The average Bonchev–Trinajstić information content (AvgIpc) is 2.52. The van der Waals surface area contributed by atoms with E-state index < -0.39 is 5.60 Å². The van der Waals surface area contributed by atoms with Gasteiger partial charge in [0.15, 0.2) is 5.60 Å². The molecule has 6 heteroatoms. The van der Waals surface area contributed by atoms with E-state index in [0.29, 0.717) is 32.5 Å². The van der Waals surface area contributed by atoms with Crippen molar-refractivity contribution in [3.8, 4) is 0 Å². The van der Waals surface area contributed by atoms with E-state index in [1.807, 2.05) is 12.1 Å². The second kappa shape index (κ2) is 6.67. The first-order valence-electron chi connectivity index (χ1n) is 7.08. The highest BCUT2D eigenvalue weighted by atomic mass is 16.5. The van der Waals surface area contributed by atoms with E-state index in [9.17, 15) is 9.59 Å². The molecule has 0 bridgehead atoms. The molecule has 1 atom stereocenters. The van der Waals surface area contributed by atoms with Gasteiger partial charge in [-0.1, -0.05) is 6.07 Å². The highest BCUT2D eigenvalue weighted by Crippen LogP contribution is 2.19. The van der Waals surface area contributed by atoms with Crippen molar-refractivity contribution in [2.45, 2.75) is 25.4 Å². The minimum absolute atomic E-state index is 0.0391. The fourth-order valence-electron chi connectivity index (χ4n) is 2.44. The Labute approximate surface area is 124 Å². The first-order chi connectivity index (χ1) is 10.0. The number of aromatic nitrogens is 1. The van der Waals surface area contributed by atoms with Crippen LogP contribution < -0.4 is 5.32 Å². The Morgan fingerprint density at radius 3 is 3.00 bits per heavy atom. The molecule has 0 spiro atoms. The number of hydrogen-bond donors (Lipinski definition) is 1. The third-order valence-corrected chi connectivity index (χ3v) is 3.68. The summed E-state index contributed by atoms with van der Waals surface area (Å²) in [4.78, 5) is 29.9. The molecule has 1 N–H and O–H groups in total. The fraction of sp³-hybridized carbons (Fsp3) is 0.533. The van der Waals surface area contributed by atoms with Crippen molar-refractivity contribution in [2.75, 3.05) is 26.7 Å². The van der Waals surface area contributed by atoms with E-state index >= 15 is 0 Å². The van der Waals surface area contributed by atoms with Crippen LogP contribution in [0.15, 0.2) is 24.5 Å². The molecule has 0 aromatic carbocycles. The predicted molar refractivity (Wildman–Crippen MR) is 77.6 cm³/mol. The number of pyridine rings is 1. The Morgan fingerprint density at radius 2 is 2.33 bits per heavy atom. The quantitative estimate of drug-likeness (QED) is 0.870. The molecule has 114 valence electrons. The van der Waals surface area contributed by atoms with Crippen molar-refractivity contribution in [1.82, 2.24) is 15.2 Å². The number of amides is 2. The maximum Gasteiger partial charge on any atom is 0.253 e. The third-order valence-electron chi connectivity index (χ3n) is 3.68. The molecule has 1 saturated heterocycles. The molecule has 6 nitrogen and oxygen atoms in total. The number of nitrogens with zero attached hydrogens (tertiary/aromatic N) is 2. The molecule has 2 rings (SSSR count). The summed E-state index contributed by atoms with van der Waals surface area (Å²) in [5.74, 6) is -0.162. The van der Waals surface area contributed by atoms with Gasteiger partial charge in [-0.15, -0.1) is 0 Å². The Morgan fingerprint density at radius 1 is 1.52 bits per heavy atom. The molecule has 1 aliphatic rings. The molecule has 0 radical (unpaired) electrons. The van der Waals surface area contributed by atoms with Crippen LogP contribution in [0.4, 0.5) is 0 Å². The Bertz CT molecular complexity index is 506. The molecule has 0 saturated carbocycles. The first kappa shape index (κ1) is 15.4. The fourth-order valence-corrected chi connectivity index (χ4v) is 2.44. The Balaban J connectivity index is 1.92. The van der Waals surface area contributed by atoms with Crippen molar-refractivity contribution in [3.63, 3.8) is 0 Å². The second-order valence-electron chi connectivity index (χ2n) is 5.34. The molecular weight excluding hydrogens is 270 g/mol. The predicted octanol–water partition coefficient (Wildman–Crippen LogP) is 0.378. The number of aryl methyl sites for hydroxylation is 1. The van der Waals surface area contributed by atoms with Crippen LogP contribution >= 0.6 is 0 Å². The van der Waals surface area contributed by atoms with Gasteiger partial charge in [0.2, 0.25) is 5.91 Å². The number of nitrogens with one attached hydrogen (secondary N) is 1. The Hall–Kier alpha value is -1.95. The van der Waals surface area contributed by atoms with E-state index in [1.54, 1.807) is 31.3 Å². The highest BCUT2D eigenvalue weighted by molar-refractivity contribution is 5.86. The molecule has 21 heavy (non-hydrogen) atoms. The van der Waals surface area contributed by atoms with E-state index in [2.05, 4.69) is 10.3 Å². The summed E-state index contributed by atoms with van der Waals surface area (Å²) in [6.07, 6.45) is 4.54. The summed E-state index contributed by atoms with van der Waals surface area (Å²) in [5.41, 5.74) is 0.0740. The number of ether oxygens (including phenoxy) is 1. The van der Waals surface area contributed by atoms with Gasteiger partial charge < -0.3 is 15.0 Å². The minimum Gasteiger partial charge on any atom is -0.362 e. The van der Waals surface area contributed by atoms with Crippen molar-refractivity contribution in [1.29, 1.82) is 0 Å². The number of carbonyl (C=O) groups is 2. The van der Waals surface area contributed by atoms with Crippen LogP contribution in [0, 0.1) is 0 Å². The number of carbonyl (C=O) groups excluding carboxylic acids is 2. The van der Waals surface area contributed by atoms with Gasteiger partial charge in [0.1, 0.15) is 0 Å². The summed E-state index contributed by atoms with van der Waals surface area (Å²) in [6, 6.07) is 3.81. The standard InChI is InChI=1S/C15H21N3O3/c1-15(14(20)16-2)11-18(8-9-21-15)13(19)6-5-12-4-3-7-17-10-12/h3-4,7,10H,5-6,8-9,11H2,1-2H3,(H,16,20). The maximum absolute atomic E-state index is 12.3. The van der Waals surface area contributed by atoms with E-state index in [0.717, 1.165) is 5.56 Å².